The quantitative estimate of drug-likeness (QED) is 0.924. The van der Waals surface area contributed by atoms with Crippen LogP contribution in [0, 0.1) is 5.82 Å². The number of nitrogens with one attached hydrogen (secondary N) is 1. The second-order valence-electron chi connectivity index (χ2n) is 3.29. The Morgan fingerprint density at radius 3 is 2.76 bits per heavy atom. The number of anilines is 1. The average Bonchev–Trinajstić information content (AvgIpc) is 2.32. The lowest BCUT2D eigenvalue weighted by molar-refractivity contribution is 0.102. The van der Waals surface area contributed by atoms with E-state index in [-0.39, 0.29) is 5.56 Å². The largest absolute Gasteiger partial charge is 0.321 e. The van der Waals surface area contributed by atoms with Crippen molar-refractivity contribution in [2.75, 3.05) is 5.32 Å². The van der Waals surface area contributed by atoms with Crippen LogP contribution in [0.15, 0.2) is 47.2 Å². The Balaban J connectivity index is 2.24. The predicted octanol–water partition coefficient (Wildman–Crippen LogP) is 3.24. The molecule has 3 nitrogen and oxygen atoms in total. The summed E-state index contributed by atoms with van der Waals surface area (Å²) in [5.74, 6) is -1.04. The number of benzene rings is 1. The number of hydrogen-bond acceptors (Lipinski definition) is 2. The lowest BCUT2D eigenvalue weighted by atomic mass is 10.2. The molecule has 0 aliphatic carbocycles. The molecule has 2 aromatic rings. The number of aromatic nitrogens is 1. The molecule has 17 heavy (non-hydrogen) atoms. The molecule has 1 heterocycles. The van der Waals surface area contributed by atoms with Crippen molar-refractivity contribution in [1.29, 1.82) is 0 Å². The number of carbonyl (C=O) groups is 1. The Hall–Kier alpha value is -1.75. The van der Waals surface area contributed by atoms with Crippen molar-refractivity contribution in [3.05, 3.63) is 58.6 Å². The van der Waals surface area contributed by atoms with Crippen molar-refractivity contribution in [3.8, 4) is 0 Å². The summed E-state index contributed by atoms with van der Waals surface area (Å²) in [4.78, 5) is 15.7. The molecule has 0 radical (unpaired) electrons. The minimum absolute atomic E-state index is 0.0104. The summed E-state index contributed by atoms with van der Waals surface area (Å²) < 4.78 is 14.0. The van der Waals surface area contributed by atoms with Crippen molar-refractivity contribution >= 4 is 27.5 Å². The second kappa shape index (κ2) is 5.05. The first kappa shape index (κ1) is 11.7. The van der Waals surface area contributed by atoms with Gasteiger partial charge in [0.05, 0.1) is 15.7 Å². The first-order chi connectivity index (χ1) is 8.18. The molecule has 0 unspecified atom stereocenters. The first-order valence-corrected chi connectivity index (χ1v) is 5.63. The molecular weight excluding hydrogens is 287 g/mol. The summed E-state index contributed by atoms with van der Waals surface area (Å²) in [5, 5.41) is 2.60. The molecule has 5 heteroatoms. The fourth-order valence-electron chi connectivity index (χ4n) is 1.31. The minimum atomic E-state index is -0.546. The van der Waals surface area contributed by atoms with Gasteiger partial charge in [0.1, 0.15) is 5.82 Å². The average molecular weight is 295 g/mol. The number of amides is 1. The summed E-state index contributed by atoms with van der Waals surface area (Å²) in [6.45, 7) is 0. The van der Waals surface area contributed by atoms with E-state index in [4.69, 9.17) is 0 Å². The maximum Gasteiger partial charge on any atom is 0.258 e. The van der Waals surface area contributed by atoms with Gasteiger partial charge in [-0.05, 0) is 34.1 Å². The zero-order valence-corrected chi connectivity index (χ0v) is 10.2. The highest BCUT2D eigenvalue weighted by Crippen LogP contribution is 2.21. The van der Waals surface area contributed by atoms with Crippen LogP contribution in [0.3, 0.4) is 0 Å². The molecule has 1 aromatic carbocycles. The molecule has 86 valence electrons. The molecule has 0 aliphatic rings. The maximum absolute atomic E-state index is 13.4. The van der Waals surface area contributed by atoms with Crippen LogP contribution in [-0.4, -0.2) is 10.9 Å². The van der Waals surface area contributed by atoms with Gasteiger partial charge < -0.3 is 5.32 Å². The van der Waals surface area contributed by atoms with E-state index in [1.54, 1.807) is 24.5 Å². The van der Waals surface area contributed by atoms with Crippen molar-refractivity contribution < 1.29 is 9.18 Å². The van der Waals surface area contributed by atoms with Gasteiger partial charge in [-0.1, -0.05) is 12.1 Å². The fourth-order valence-corrected chi connectivity index (χ4v) is 1.66. The number of hydrogen-bond donors (Lipinski definition) is 1. The second-order valence-corrected chi connectivity index (χ2v) is 4.14. The molecule has 1 amide bonds. The zero-order valence-electron chi connectivity index (χ0n) is 8.65. The fraction of sp³-hybridized carbons (Fsp3) is 0. The van der Waals surface area contributed by atoms with E-state index in [1.807, 2.05) is 0 Å². The number of pyridine rings is 1. The van der Waals surface area contributed by atoms with Crippen LogP contribution in [0.25, 0.3) is 0 Å². The molecule has 0 spiro atoms. The van der Waals surface area contributed by atoms with Crippen LogP contribution < -0.4 is 5.32 Å². The maximum atomic E-state index is 13.4. The molecule has 0 saturated heterocycles. The molecule has 0 fully saturated rings. The highest BCUT2D eigenvalue weighted by molar-refractivity contribution is 9.10. The predicted molar refractivity (Wildman–Crippen MR) is 66.3 cm³/mol. The molecule has 0 saturated carbocycles. The summed E-state index contributed by atoms with van der Waals surface area (Å²) in [7, 11) is 0. The van der Waals surface area contributed by atoms with E-state index in [9.17, 15) is 9.18 Å². The van der Waals surface area contributed by atoms with Crippen molar-refractivity contribution in [1.82, 2.24) is 4.98 Å². The number of carbonyl (C=O) groups excluding carboxylic acids is 1. The molecule has 1 aromatic heterocycles. The third-order valence-electron chi connectivity index (χ3n) is 2.14. The van der Waals surface area contributed by atoms with E-state index in [2.05, 4.69) is 26.2 Å². The van der Waals surface area contributed by atoms with Crippen LogP contribution >= 0.6 is 15.9 Å². The highest BCUT2D eigenvalue weighted by atomic mass is 79.9. The smallest absolute Gasteiger partial charge is 0.258 e. The Kier molecular flexibility index (Phi) is 3.49. The van der Waals surface area contributed by atoms with Gasteiger partial charge in [0.25, 0.3) is 5.91 Å². The molecule has 2 rings (SSSR count). The number of halogens is 2. The van der Waals surface area contributed by atoms with E-state index < -0.39 is 11.7 Å². The minimum Gasteiger partial charge on any atom is -0.321 e. The molecule has 0 bridgehead atoms. The topological polar surface area (TPSA) is 42.0 Å². The number of nitrogens with zero attached hydrogens (tertiary/aromatic N) is 1. The van der Waals surface area contributed by atoms with Gasteiger partial charge in [-0.15, -0.1) is 0 Å². The molecule has 1 N–H and O–H groups in total. The Bertz CT molecular complexity index is 560. The molecule has 0 atom stereocenters. The van der Waals surface area contributed by atoms with Gasteiger partial charge in [-0.2, -0.15) is 0 Å². The zero-order chi connectivity index (χ0) is 12.3. The van der Waals surface area contributed by atoms with Crippen LogP contribution in [0.4, 0.5) is 10.1 Å². The summed E-state index contributed by atoms with van der Waals surface area (Å²) in [6, 6.07) is 7.45. The SMILES string of the molecule is O=C(Nc1ccncc1Br)c1ccccc1F. The standard InChI is InChI=1S/C12H8BrFN2O/c13-9-7-15-6-5-11(9)16-12(17)8-3-1-2-4-10(8)14/h1-7H,(H,15,16,17). The van der Waals surface area contributed by atoms with Gasteiger partial charge >= 0.3 is 0 Å². The van der Waals surface area contributed by atoms with Crippen LogP contribution in [0.1, 0.15) is 10.4 Å². The summed E-state index contributed by atoms with van der Waals surface area (Å²) in [6.07, 6.45) is 3.10. The van der Waals surface area contributed by atoms with E-state index in [0.717, 1.165) is 0 Å². The summed E-state index contributed by atoms with van der Waals surface area (Å²) >= 11 is 3.24. The first-order valence-electron chi connectivity index (χ1n) is 4.84. The van der Waals surface area contributed by atoms with Gasteiger partial charge in [-0.25, -0.2) is 4.39 Å². The Labute approximate surface area is 106 Å². The Morgan fingerprint density at radius 2 is 2.06 bits per heavy atom. The Morgan fingerprint density at radius 1 is 1.29 bits per heavy atom. The summed E-state index contributed by atoms with van der Waals surface area (Å²) in [5.41, 5.74) is 0.560. The third kappa shape index (κ3) is 2.68. The molecular formula is C12H8BrFN2O. The normalized spacial score (nSPS) is 10.0. The third-order valence-corrected chi connectivity index (χ3v) is 2.77. The van der Waals surface area contributed by atoms with Gasteiger partial charge in [0.2, 0.25) is 0 Å². The van der Waals surface area contributed by atoms with E-state index in [1.165, 1.54) is 18.2 Å². The van der Waals surface area contributed by atoms with E-state index in [0.29, 0.717) is 10.2 Å². The van der Waals surface area contributed by atoms with Crippen LogP contribution in [-0.2, 0) is 0 Å². The van der Waals surface area contributed by atoms with Crippen molar-refractivity contribution in [2.45, 2.75) is 0 Å². The van der Waals surface area contributed by atoms with Crippen molar-refractivity contribution in [3.63, 3.8) is 0 Å². The lowest BCUT2D eigenvalue weighted by Crippen LogP contribution is -2.13. The number of rotatable bonds is 2. The lowest BCUT2D eigenvalue weighted by Gasteiger charge is -2.07. The van der Waals surface area contributed by atoms with E-state index >= 15 is 0 Å². The monoisotopic (exact) mass is 294 g/mol. The molecule has 0 aliphatic heterocycles. The van der Waals surface area contributed by atoms with Crippen LogP contribution in [0.5, 0.6) is 0 Å². The van der Waals surface area contributed by atoms with Crippen molar-refractivity contribution in [2.24, 2.45) is 0 Å². The van der Waals surface area contributed by atoms with Gasteiger partial charge in [-0.3, -0.25) is 9.78 Å². The van der Waals surface area contributed by atoms with Gasteiger partial charge in [0, 0.05) is 12.4 Å². The van der Waals surface area contributed by atoms with Gasteiger partial charge in [0.15, 0.2) is 0 Å². The highest BCUT2D eigenvalue weighted by Gasteiger charge is 2.11. The van der Waals surface area contributed by atoms with Crippen LogP contribution in [0.2, 0.25) is 0 Å².